The Morgan fingerprint density at radius 1 is 1.53 bits per heavy atom. The molecule has 0 spiro atoms. The second-order valence-corrected chi connectivity index (χ2v) is 5.54. The molecule has 0 N–H and O–H groups in total. The van der Waals surface area contributed by atoms with Gasteiger partial charge in [0.25, 0.3) is 0 Å². The molecule has 0 radical (unpaired) electrons. The standard InChI is InChI=1S/C15H24N2O2/c1-4-13(5-2)17-9-7-12(16-17)11-14(18)15(3)8-6-10-19-15/h7,9,13H,4-6,8,10-11H2,1-3H3. The van der Waals surface area contributed by atoms with Crippen molar-refractivity contribution in [2.24, 2.45) is 0 Å². The minimum atomic E-state index is -0.585. The van der Waals surface area contributed by atoms with Crippen LogP contribution >= 0.6 is 0 Å². The Labute approximate surface area is 115 Å². The summed E-state index contributed by atoms with van der Waals surface area (Å²) in [6.45, 7) is 6.92. The fourth-order valence-corrected chi connectivity index (χ4v) is 2.69. The molecule has 1 aliphatic heterocycles. The molecule has 0 bridgehead atoms. The summed E-state index contributed by atoms with van der Waals surface area (Å²) in [5.74, 6) is 0.153. The van der Waals surface area contributed by atoms with Crippen LogP contribution in [0.2, 0.25) is 0 Å². The molecular weight excluding hydrogens is 240 g/mol. The number of rotatable bonds is 6. The molecule has 4 heteroatoms. The van der Waals surface area contributed by atoms with Gasteiger partial charge in [0.05, 0.1) is 18.2 Å². The molecule has 1 aliphatic rings. The van der Waals surface area contributed by atoms with Crippen molar-refractivity contribution >= 4 is 5.78 Å². The van der Waals surface area contributed by atoms with E-state index in [2.05, 4.69) is 18.9 Å². The van der Waals surface area contributed by atoms with E-state index in [4.69, 9.17) is 4.74 Å². The average Bonchev–Trinajstić information content (AvgIpc) is 3.02. The Morgan fingerprint density at radius 3 is 2.84 bits per heavy atom. The number of ether oxygens (including phenoxy) is 1. The molecule has 1 saturated heterocycles. The number of hydrogen-bond acceptors (Lipinski definition) is 3. The third kappa shape index (κ3) is 3.06. The summed E-state index contributed by atoms with van der Waals surface area (Å²) in [7, 11) is 0. The van der Waals surface area contributed by atoms with Crippen molar-refractivity contribution in [3.05, 3.63) is 18.0 Å². The maximum Gasteiger partial charge on any atom is 0.170 e. The lowest BCUT2D eigenvalue weighted by atomic mass is 9.94. The van der Waals surface area contributed by atoms with Gasteiger partial charge in [0, 0.05) is 12.8 Å². The van der Waals surface area contributed by atoms with Crippen LogP contribution in [0.3, 0.4) is 0 Å². The van der Waals surface area contributed by atoms with E-state index >= 15 is 0 Å². The topological polar surface area (TPSA) is 44.1 Å². The van der Waals surface area contributed by atoms with Crippen LogP contribution in [-0.2, 0) is 16.0 Å². The van der Waals surface area contributed by atoms with Crippen LogP contribution in [0, 0.1) is 0 Å². The predicted octanol–water partition coefficient (Wildman–Crippen LogP) is 2.92. The molecule has 19 heavy (non-hydrogen) atoms. The Balaban J connectivity index is 2.01. The van der Waals surface area contributed by atoms with E-state index in [1.807, 2.05) is 23.9 Å². The van der Waals surface area contributed by atoms with Crippen molar-refractivity contribution in [1.29, 1.82) is 0 Å². The zero-order valence-corrected chi connectivity index (χ0v) is 12.2. The largest absolute Gasteiger partial charge is 0.367 e. The van der Waals surface area contributed by atoms with E-state index in [1.165, 1.54) is 0 Å². The van der Waals surface area contributed by atoms with Gasteiger partial charge in [0.15, 0.2) is 5.78 Å². The summed E-state index contributed by atoms with van der Waals surface area (Å²) < 4.78 is 7.57. The Bertz CT molecular complexity index is 429. The van der Waals surface area contributed by atoms with Gasteiger partial charge in [-0.05, 0) is 38.7 Å². The highest BCUT2D eigenvalue weighted by molar-refractivity contribution is 5.88. The first-order chi connectivity index (χ1) is 9.09. The van der Waals surface area contributed by atoms with E-state index in [0.29, 0.717) is 19.1 Å². The number of ketones is 1. The number of carbonyl (C=O) groups excluding carboxylic acids is 1. The molecule has 2 heterocycles. The van der Waals surface area contributed by atoms with Crippen molar-refractivity contribution in [3.63, 3.8) is 0 Å². The highest BCUT2D eigenvalue weighted by Crippen LogP contribution is 2.27. The van der Waals surface area contributed by atoms with Crippen molar-refractivity contribution in [2.75, 3.05) is 6.61 Å². The van der Waals surface area contributed by atoms with Crippen molar-refractivity contribution in [3.8, 4) is 0 Å². The summed E-state index contributed by atoms with van der Waals surface area (Å²) in [5, 5.41) is 4.54. The minimum absolute atomic E-state index is 0.153. The van der Waals surface area contributed by atoms with Gasteiger partial charge < -0.3 is 4.74 Å². The smallest absolute Gasteiger partial charge is 0.170 e. The second-order valence-electron chi connectivity index (χ2n) is 5.54. The van der Waals surface area contributed by atoms with Crippen molar-refractivity contribution in [1.82, 2.24) is 9.78 Å². The first-order valence-electron chi connectivity index (χ1n) is 7.30. The van der Waals surface area contributed by atoms with Gasteiger partial charge in [-0.15, -0.1) is 0 Å². The van der Waals surface area contributed by atoms with Gasteiger partial charge in [-0.2, -0.15) is 5.10 Å². The molecule has 0 amide bonds. The van der Waals surface area contributed by atoms with Gasteiger partial charge in [-0.3, -0.25) is 9.48 Å². The zero-order chi connectivity index (χ0) is 13.9. The highest BCUT2D eigenvalue weighted by atomic mass is 16.5. The summed E-state index contributed by atoms with van der Waals surface area (Å²) in [6.07, 6.45) is 6.30. The number of Topliss-reactive ketones (excluding diaryl/α,β-unsaturated/α-hetero) is 1. The van der Waals surface area contributed by atoms with Gasteiger partial charge in [0.2, 0.25) is 0 Å². The van der Waals surface area contributed by atoms with Crippen molar-refractivity contribution in [2.45, 2.75) is 64.5 Å². The zero-order valence-electron chi connectivity index (χ0n) is 12.2. The number of aromatic nitrogens is 2. The van der Waals surface area contributed by atoms with Gasteiger partial charge >= 0.3 is 0 Å². The molecule has 1 aromatic heterocycles. The Hall–Kier alpha value is -1.16. The van der Waals surface area contributed by atoms with Crippen LogP contribution < -0.4 is 0 Å². The molecule has 0 saturated carbocycles. The fraction of sp³-hybridized carbons (Fsp3) is 0.733. The van der Waals surface area contributed by atoms with E-state index in [1.54, 1.807) is 0 Å². The van der Waals surface area contributed by atoms with Gasteiger partial charge in [0.1, 0.15) is 5.60 Å². The van der Waals surface area contributed by atoms with E-state index < -0.39 is 5.60 Å². The van der Waals surface area contributed by atoms with E-state index in [-0.39, 0.29) is 5.78 Å². The van der Waals surface area contributed by atoms with Crippen molar-refractivity contribution < 1.29 is 9.53 Å². The maximum absolute atomic E-state index is 12.3. The van der Waals surface area contributed by atoms with Crippen LogP contribution in [0.4, 0.5) is 0 Å². The molecule has 1 atom stereocenters. The second kappa shape index (κ2) is 5.87. The van der Waals surface area contributed by atoms with Gasteiger partial charge in [-0.1, -0.05) is 13.8 Å². The predicted molar refractivity (Wildman–Crippen MR) is 74.1 cm³/mol. The number of carbonyl (C=O) groups is 1. The fourth-order valence-electron chi connectivity index (χ4n) is 2.69. The molecule has 1 fully saturated rings. The highest BCUT2D eigenvalue weighted by Gasteiger charge is 2.37. The van der Waals surface area contributed by atoms with Crippen LogP contribution in [0.5, 0.6) is 0 Å². The Kier molecular flexibility index (Phi) is 4.40. The lowest BCUT2D eigenvalue weighted by Gasteiger charge is -2.20. The molecular formula is C15H24N2O2. The monoisotopic (exact) mass is 264 g/mol. The first kappa shape index (κ1) is 14.3. The van der Waals surface area contributed by atoms with Crippen LogP contribution in [0.1, 0.15) is 58.2 Å². The number of nitrogens with zero attached hydrogens (tertiary/aromatic N) is 2. The lowest BCUT2D eigenvalue weighted by molar-refractivity contribution is -0.136. The summed E-state index contributed by atoms with van der Waals surface area (Å²) in [6, 6.07) is 2.39. The quantitative estimate of drug-likeness (QED) is 0.793. The summed E-state index contributed by atoms with van der Waals surface area (Å²) >= 11 is 0. The third-order valence-electron chi connectivity index (χ3n) is 4.13. The first-order valence-corrected chi connectivity index (χ1v) is 7.30. The molecule has 1 aromatic rings. The van der Waals surface area contributed by atoms with E-state index in [0.717, 1.165) is 31.4 Å². The number of hydrogen-bond donors (Lipinski definition) is 0. The molecule has 4 nitrogen and oxygen atoms in total. The average molecular weight is 264 g/mol. The summed E-state index contributed by atoms with van der Waals surface area (Å²) in [4.78, 5) is 12.3. The lowest BCUT2D eigenvalue weighted by Crippen LogP contribution is -2.35. The Morgan fingerprint density at radius 2 is 2.26 bits per heavy atom. The normalized spacial score (nSPS) is 23.2. The minimum Gasteiger partial charge on any atom is -0.367 e. The molecule has 0 aliphatic carbocycles. The van der Waals surface area contributed by atoms with Crippen LogP contribution in [-0.4, -0.2) is 27.8 Å². The van der Waals surface area contributed by atoms with Gasteiger partial charge in [-0.25, -0.2) is 0 Å². The van der Waals surface area contributed by atoms with E-state index in [9.17, 15) is 4.79 Å². The maximum atomic E-state index is 12.3. The molecule has 0 aromatic carbocycles. The molecule has 1 unspecified atom stereocenters. The van der Waals surface area contributed by atoms with Crippen LogP contribution in [0.25, 0.3) is 0 Å². The molecule has 106 valence electrons. The van der Waals surface area contributed by atoms with Crippen LogP contribution in [0.15, 0.2) is 12.3 Å². The third-order valence-corrected chi connectivity index (χ3v) is 4.13. The SMILES string of the molecule is CCC(CC)n1ccc(CC(=O)C2(C)CCCO2)n1. The summed E-state index contributed by atoms with van der Waals surface area (Å²) in [5.41, 5.74) is 0.271. The molecule has 2 rings (SSSR count).